The van der Waals surface area contributed by atoms with E-state index in [-0.39, 0.29) is 17.0 Å². The summed E-state index contributed by atoms with van der Waals surface area (Å²) in [7, 11) is 1.63. The lowest BCUT2D eigenvalue weighted by Crippen LogP contribution is -2.21. The lowest BCUT2D eigenvalue weighted by Gasteiger charge is -2.11. The average molecular weight is 388 g/mol. The zero-order valence-corrected chi connectivity index (χ0v) is 15.9. The number of aromatic nitrogens is 2. The third kappa shape index (κ3) is 3.52. The third-order valence-corrected chi connectivity index (χ3v) is 4.95. The van der Waals surface area contributed by atoms with Crippen LogP contribution in [-0.2, 0) is 12.8 Å². The molecule has 0 saturated heterocycles. The van der Waals surface area contributed by atoms with Gasteiger partial charge in [-0.05, 0) is 47.7 Å². The molecule has 0 fully saturated rings. The molecule has 0 aliphatic carbocycles. The molecule has 0 unspecified atom stereocenters. The predicted octanol–water partition coefficient (Wildman–Crippen LogP) is 3.80. The van der Waals surface area contributed by atoms with Gasteiger partial charge in [0.2, 0.25) is 0 Å². The van der Waals surface area contributed by atoms with Crippen LogP contribution >= 0.6 is 0 Å². The maximum Gasteiger partial charge on any atom is 0.296 e. The molecule has 2 N–H and O–H groups in total. The van der Waals surface area contributed by atoms with E-state index in [9.17, 15) is 15.1 Å². The van der Waals surface area contributed by atoms with Crippen LogP contribution < -0.4 is 10.3 Å². The summed E-state index contributed by atoms with van der Waals surface area (Å²) in [5, 5.41) is 21.4. The van der Waals surface area contributed by atoms with E-state index < -0.39 is 5.56 Å². The van der Waals surface area contributed by atoms with Gasteiger partial charge in [0, 0.05) is 6.20 Å². The summed E-state index contributed by atoms with van der Waals surface area (Å²) in [5.41, 5.74) is 1.94. The van der Waals surface area contributed by atoms with Crippen molar-refractivity contribution in [3.05, 3.63) is 88.3 Å². The molecule has 0 spiro atoms. The van der Waals surface area contributed by atoms with Gasteiger partial charge >= 0.3 is 0 Å². The van der Waals surface area contributed by atoms with Crippen molar-refractivity contribution in [2.24, 2.45) is 0 Å². The molecule has 146 valence electrons. The van der Waals surface area contributed by atoms with Crippen LogP contribution in [0.25, 0.3) is 22.2 Å². The second-order valence-corrected chi connectivity index (χ2v) is 6.77. The lowest BCUT2D eigenvalue weighted by atomic mass is 10.0. The topological polar surface area (TPSA) is 84.6 Å². The summed E-state index contributed by atoms with van der Waals surface area (Å²) in [4.78, 5) is 16.8. The molecule has 2 heterocycles. The van der Waals surface area contributed by atoms with E-state index in [0.717, 1.165) is 23.3 Å². The van der Waals surface area contributed by atoms with Crippen LogP contribution in [0.3, 0.4) is 0 Å². The van der Waals surface area contributed by atoms with Gasteiger partial charge in [-0.1, -0.05) is 42.5 Å². The number of fused-ring (bicyclic) bond motifs is 1. The molecule has 0 aliphatic heterocycles. The van der Waals surface area contributed by atoms with E-state index in [0.29, 0.717) is 22.1 Å². The molecule has 2 aromatic heterocycles. The van der Waals surface area contributed by atoms with E-state index in [1.54, 1.807) is 43.6 Å². The van der Waals surface area contributed by atoms with Crippen molar-refractivity contribution in [3.8, 4) is 22.6 Å². The highest BCUT2D eigenvalue weighted by atomic mass is 16.5. The molecule has 2 aromatic carbocycles. The largest absolute Gasteiger partial charge is 0.506 e. The highest BCUT2D eigenvalue weighted by Gasteiger charge is 2.18. The summed E-state index contributed by atoms with van der Waals surface area (Å²) in [6, 6.07) is 18.4. The number of methoxy groups -OCH3 is 1. The van der Waals surface area contributed by atoms with E-state index in [2.05, 4.69) is 4.98 Å². The number of hydrogen-bond acceptors (Lipinski definition) is 5. The summed E-state index contributed by atoms with van der Waals surface area (Å²) in [6.07, 6.45) is 3.09. The molecular weight excluding hydrogens is 368 g/mol. The lowest BCUT2D eigenvalue weighted by molar-refractivity contribution is 0.186. The van der Waals surface area contributed by atoms with E-state index in [1.807, 2.05) is 30.3 Å². The SMILES string of the molecule is COc1ccc(CCc2cnc3c(c2)c(O)c(-c2ccccc2)c(=O)n3O)cc1. The molecule has 0 bridgehead atoms. The first-order chi connectivity index (χ1) is 14.1. The second-order valence-electron chi connectivity index (χ2n) is 6.77. The normalized spacial score (nSPS) is 10.9. The Kier molecular flexibility index (Phi) is 4.91. The average Bonchev–Trinajstić information content (AvgIpc) is 2.77. The van der Waals surface area contributed by atoms with Crippen molar-refractivity contribution < 1.29 is 15.1 Å². The predicted molar refractivity (Wildman–Crippen MR) is 111 cm³/mol. The number of ether oxygens (including phenoxy) is 1. The maximum absolute atomic E-state index is 12.6. The maximum atomic E-state index is 12.6. The number of benzene rings is 2. The fraction of sp³-hybridized carbons (Fsp3) is 0.130. The van der Waals surface area contributed by atoms with Gasteiger partial charge < -0.3 is 15.1 Å². The molecular formula is C23H20N2O4. The van der Waals surface area contributed by atoms with Crippen molar-refractivity contribution in [3.63, 3.8) is 0 Å². The number of aryl methyl sites for hydroxylation is 2. The van der Waals surface area contributed by atoms with E-state index >= 15 is 0 Å². The molecule has 0 radical (unpaired) electrons. The van der Waals surface area contributed by atoms with Crippen LogP contribution in [0.2, 0.25) is 0 Å². The summed E-state index contributed by atoms with van der Waals surface area (Å²) in [5.74, 6) is 0.626. The van der Waals surface area contributed by atoms with Crippen molar-refractivity contribution in [2.75, 3.05) is 7.11 Å². The zero-order chi connectivity index (χ0) is 20.4. The summed E-state index contributed by atoms with van der Waals surface area (Å²) in [6.45, 7) is 0. The fourth-order valence-electron chi connectivity index (χ4n) is 3.36. The number of hydrogen-bond donors (Lipinski definition) is 2. The van der Waals surface area contributed by atoms with Crippen LogP contribution in [0, 0.1) is 0 Å². The Labute approximate surface area is 167 Å². The standard InChI is InChI=1S/C23H20N2O4/c1-29-18-11-9-15(10-12-18)7-8-16-13-19-21(26)20(17-5-3-2-4-6-17)23(27)25(28)22(19)24-14-16/h2-6,9-14,26,28H,7-8H2,1H3. The second kappa shape index (κ2) is 7.67. The van der Waals surface area contributed by atoms with Gasteiger partial charge in [0.05, 0.1) is 18.1 Å². The fourth-order valence-corrected chi connectivity index (χ4v) is 3.36. The smallest absolute Gasteiger partial charge is 0.296 e. The molecule has 6 nitrogen and oxygen atoms in total. The Morgan fingerprint density at radius 3 is 2.38 bits per heavy atom. The number of nitrogens with zero attached hydrogens (tertiary/aromatic N) is 2. The van der Waals surface area contributed by atoms with Crippen molar-refractivity contribution >= 4 is 11.0 Å². The Morgan fingerprint density at radius 2 is 1.69 bits per heavy atom. The van der Waals surface area contributed by atoms with Gasteiger partial charge in [0.1, 0.15) is 11.5 Å². The first-order valence-corrected chi connectivity index (χ1v) is 9.22. The number of aromatic hydroxyl groups is 1. The Morgan fingerprint density at radius 1 is 1.00 bits per heavy atom. The van der Waals surface area contributed by atoms with E-state index in [4.69, 9.17) is 4.74 Å². The zero-order valence-electron chi connectivity index (χ0n) is 15.9. The van der Waals surface area contributed by atoms with E-state index in [1.165, 1.54) is 0 Å². The van der Waals surface area contributed by atoms with Crippen LogP contribution in [0.15, 0.2) is 71.7 Å². The van der Waals surface area contributed by atoms with Crippen LogP contribution in [-0.4, -0.2) is 27.1 Å². The molecule has 0 aliphatic rings. The Bertz CT molecular complexity index is 1220. The first kappa shape index (κ1) is 18.6. The molecule has 0 atom stereocenters. The van der Waals surface area contributed by atoms with Gasteiger partial charge in [-0.15, -0.1) is 4.73 Å². The van der Waals surface area contributed by atoms with Crippen LogP contribution in [0.1, 0.15) is 11.1 Å². The quantitative estimate of drug-likeness (QED) is 0.508. The monoisotopic (exact) mass is 388 g/mol. The minimum absolute atomic E-state index is 0.0281. The Hall–Kier alpha value is -3.80. The van der Waals surface area contributed by atoms with Crippen LogP contribution in [0.5, 0.6) is 11.5 Å². The van der Waals surface area contributed by atoms with Crippen molar-refractivity contribution in [2.45, 2.75) is 12.8 Å². The third-order valence-electron chi connectivity index (χ3n) is 4.95. The molecule has 29 heavy (non-hydrogen) atoms. The Balaban J connectivity index is 1.72. The highest BCUT2D eigenvalue weighted by Crippen LogP contribution is 2.32. The van der Waals surface area contributed by atoms with Crippen molar-refractivity contribution in [1.82, 2.24) is 9.71 Å². The van der Waals surface area contributed by atoms with Gasteiger partial charge in [0.25, 0.3) is 5.56 Å². The molecule has 0 amide bonds. The highest BCUT2D eigenvalue weighted by molar-refractivity contribution is 5.90. The number of pyridine rings is 2. The molecule has 6 heteroatoms. The van der Waals surface area contributed by atoms with Gasteiger partial charge in [-0.3, -0.25) is 4.79 Å². The number of rotatable bonds is 5. The minimum Gasteiger partial charge on any atom is -0.506 e. The van der Waals surface area contributed by atoms with Gasteiger partial charge in [-0.2, -0.15) is 0 Å². The van der Waals surface area contributed by atoms with Crippen LogP contribution in [0.4, 0.5) is 0 Å². The first-order valence-electron chi connectivity index (χ1n) is 9.22. The summed E-state index contributed by atoms with van der Waals surface area (Å²) < 4.78 is 5.66. The minimum atomic E-state index is -0.709. The summed E-state index contributed by atoms with van der Waals surface area (Å²) >= 11 is 0. The molecule has 0 saturated carbocycles. The van der Waals surface area contributed by atoms with Gasteiger partial charge in [0.15, 0.2) is 5.65 Å². The molecule has 4 aromatic rings. The molecule has 4 rings (SSSR count). The van der Waals surface area contributed by atoms with Crippen molar-refractivity contribution in [1.29, 1.82) is 0 Å². The van der Waals surface area contributed by atoms with Gasteiger partial charge in [-0.25, -0.2) is 4.98 Å².